The summed E-state index contributed by atoms with van der Waals surface area (Å²) in [5.74, 6) is -1.45. The standard InChI is InChI=1S/C32H36ClN3O4S/c1-18-6-4-9-24(19(18)2)35-30(38)28-32-15-14-25(40-32)26(29(37)34-22-7-5-8-23(16-22)41-3)27(32)31(39)36(28)17-20-10-12-21(33)13-11-20/h5,7-8,10-16,18-19,24-28H,4,6,9,17H2,1-3H3,(H,34,37)(H,35,38)/t18-,19-,24-,25+,26-,27+,28+,32+/m1/s1. The van der Waals surface area contributed by atoms with E-state index in [9.17, 15) is 14.4 Å². The maximum Gasteiger partial charge on any atom is 0.246 e. The Hall–Kier alpha value is -2.81. The van der Waals surface area contributed by atoms with Gasteiger partial charge in [0.2, 0.25) is 17.7 Å². The number of hydrogen-bond acceptors (Lipinski definition) is 5. The Bertz CT molecular complexity index is 1380. The molecule has 0 radical (unpaired) electrons. The van der Waals surface area contributed by atoms with Gasteiger partial charge < -0.3 is 20.3 Å². The van der Waals surface area contributed by atoms with Crippen LogP contribution in [0.5, 0.6) is 0 Å². The molecule has 3 amide bonds. The summed E-state index contributed by atoms with van der Waals surface area (Å²) in [5.41, 5.74) is 0.316. The minimum atomic E-state index is -1.20. The second-order valence-corrected chi connectivity index (χ2v) is 13.2. The van der Waals surface area contributed by atoms with Crippen molar-refractivity contribution in [3.05, 3.63) is 71.3 Å². The van der Waals surface area contributed by atoms with Gasteiger partial charge in [-0.3, -0.25) is 14.4 Å². The Morgan fingerprint density at radius 1 is 1.12 bits per heavy atom. The molecule has 2 N–H and O–H groups in total. The van der Waals surface area contributed by atoms with Crippen LogP contribution in [-0.2, 0) is 25.7 Å². The highest BCUT2D eigenvalue weighted by Gasteiger charge is 2.72. The van der Waals surface area contributed by atoms with Crippen LogP contribution in [0, 0.1) is 23.7 Å². The van der Waals surface area contributed by atoms with Crippen molar-refractivity contribution in [2.45, 2.75) is 68.3 Å². The highest BCUT2D eigenvalue weighted by molar-refractivity contribution is 7.98. The lowest BCUT2D eigenvalue weighted by atomic mass is 9.73. The van der Waals surface area contributed by atoms with Crippen LogP contribution in [0.15, 0.2) is 65.6 Å². The van der Waals surface area contributed by atoms with E-state index in [0.29, 0.717) is 22.5 Å². The lowest BCUT2D eigenvalue weighted by molar-refractivity contribution is -0.142. The Kier molecular flexibility index (Phi) is 7.68. The third kappa shape index (κ3) is 4.98. The molecule has 216 valence electrons. The van der Waals surface area contributed by atoms with Gasteiger partial charge >= 0.3 is 0 Å². The minimum absolute atomic E-state index is 0.0274. The molecule has 8 atom stereocenters. The predicted octanol–water partition coefficient (Wildman–Crippen LogP) is 5.29. The lowest BCUT2D eigenvalue weighted by Crippen LogP contribution is -2.57. The minimum Gasteiger partial charge on any atom is -0.359 e. The molecule has 2 saturated heterocycles. The first-order valence-corrected chi connectivity index (χ1v) is 16.0. The zero-order valence-corrected chi connectivity index (χ0v) is 25.1. The summed E-state index contributed by atoms with van der Waals surface area (Å²) >= 11 is 7.71. The monoisotopic (exact) mass is 593 g/mol. The van der Waals surface area contributed by atoms with Gasteiger partial charge in [-0.15, -0.1) is 11.8 Å². The van der Waals surface area contributed by atoms with E-state index in [1.165, 1.54) is 0 Å². The summed E-state index contributed by atoms with van der Waals surface area (Å²) in [6, 6.07) is 14.0. The largest absolute Gasteiger partial charge is 0.359 e. The van der Waals surface area contributed by atoms with Crippen molar-refractivity contribution < 1.29 is 19.1 Å². The molecule has 3 fully saturated rings. The fourth-order valence-corrected chi connectivity index (χ4v) is 7.78. The first kappa shape index (κ1) is 28.3. The van der Waals surface area contributed by atoms with Crippen molar-refractivity contribution in [2.75, 3.05) is 11.6 Å². The topological polar surface area (TPSA) is 87.7 Å². The van der Waals surface area contributed by atoms with E-state index in [0.717, 1.165) is 29.7 Å². The van der Waals surface area contributed by atoms with E-state index in [2.05, 4.69) is 24.5 Å². The summed E-state index contributed by atoms with van der Waals surface area (Å²) in [6.07, 6.45) is 8.22. The predicted molar refractivity (Wildman–Crippen MR) is 160 cm³/mol. The summed E-state index contributed by atoms with van der Waals surface area (Å²) in [4.78, 5) is 44.8. The highest BCUT2D eigenvalue weighted by Crippen LogP contribution is 2.55. The Morgan fingerprint density at radius 3 is 2.66 bits per heavy atom. The number of carbonyl (C=O) groups excluding carboxylic acids is 3. The van der Waals surface area contributed by atoms with Gasteiger partial charge in [-0.1, -0.05) is 68.6 Å². The fraction of sp³-hybridized carbons (Fsp3) is 0.469. The van der Waals surface area contributed by atoms with Gasteiger partial charge in [-0.2, -0.15) is 0 Å². The molecule has 1 saturated carbocycles. The van der Waals surface area contributed by atoms with E-state index in [1.807, 2.05) is 54.8 Å². The number of amides is 3. The smallest absolute Gasteiger partial charge is 0.246 e. The fourth-order valence-electron chi connectivity index (χ4n) is 7.20. The van der Waals surface area contributed by atoms with Gasteiger partial charge in [-0.05, 0) is 60.4 Å². The van der Waals surface area contributed by atoms with Crippen molar-refractivity contribution in [2.24, 2.45) is 23.7 Å². The Morgan fingerprint density at radius 2 is 1.90 bits per heavy atom. The zero-order valence-electron chi connectivity index (χ0n) is 23.5. The quantitative estimate of drug-likeness (QED) is 0.336. The van der Waals surface area contributed by atoms with E-state index in [4.69, 9.17) is 16.3 Å². The number of thioether (sulfide) groups is 1. The molecular weight excluding hydrogens is 558 g/mol. The Labute approximate surface area is 250 Å². The van der Waals surface area contributed by atoms with Crippen LogP contribution in [0.4, 0.5) is 5.69 Å². The second-order valence-electron chi connectivity index (χ2n) is 11.9. The number of likely N-dealkylation sites (tertiary alicyclic amines) is 1. The van der Waals surface area contributed by atoms with Crippen LogP contribution in [0.2, 0.25) is 5.02 Å². The average Bonchev–Trinajstić information content (AvgIpc) is 3.60. The first-order chi connectivity index (χ1) is 19.7. The average molecular weight is 594 g/mol. The molecule has 7 nitrogen and oxygen atoms in total. The normalized spacial score (nSPS) is 33.6. The van der Waals surface area contributed by atoms with Crippen LogP contribution in [-0.4, -0.2) is 52.7 Å². The summed E-state index contributed by atoms with van der Waals surface area (Å²) in [6.45, 7) is 4.63. The second kappa shape index (κ2) is 11.1. The number of nitrogens with one attached hydrogen (secondary N) is 2. The van der Waals surface area contributed by atoms with E-state index in [-0.39, 0.29) is 30.3 Å². The number of benzene rings is 2. The maximum absolute atomic E-state index is 14.3. The molecule has 3 aliphatic heterocycles. The molecule has 6 rings (SSSR count). The zero-order chi connectivity index (χ0) is 28.9. The van der Waals surface area contributed by atoms with E-state index >= 15 is 0 Å². The molecule has 1 spiro atoms. The van der Waals surface area contributed by atoms with Gasteiger partial charge in [-0.25, -0.2) is 0 Å². The van der Waals surface area contributed by atoms with Crippen molar-refractivity contribution in [3.8, 4) is 0 Å². The first-order valence-electron chi connectivity index (χ1n) is 14.4. The molecule has 2 aromatic rings. The van der Waals surface area contributed by atoms with Gasteiger partial charge in [0.25, 0.3) is 0 Å². The van der Waals surface area contributed by atoms with Crippen molar-refractivity contribution in [3.63, 3.8) is 0 Å². The lowest BCUT2D eigenvalue weighted by Gasteiger charge is -2.38. The number of ether oxygens (including phenoxy) is 1. The van der Waals surface area contributed by atoms with Crippen molar-refractivity contribution >= 4 is 46.8 Å². The third-order valence-corrected chi connectivity index (χ3v) is 10.5. The van der Waals surface area contributed by atoms with Crippen molar-refractivity contribution in [1.82, 2.24) is 10.2 Å². The SMILES string of the molecule is CSc1cccc(NC(=O)[C@@H]2[C@@H]3C=C[C@]4(O3)[C@@H]2C(=O)N(Cc2ccc(Cl)cc2)[C@H]4C(=O)N[C@@H]2CCC[C@@H](C)[C@H]2C)c1. The molecule has 9 heteroatoms. The van der Waals surface area contributed by atoms with Crippen LogP contribution in [0.25, 0.3) is 0 Å². The summed E-state index contributed by atoms with van der Waals surface area (Å²) < 4.78 is 6.51. The van der Waals surface area contributed by atoms with Crippen LogP contribution >= 0.6 is 23.4 Å². The molecule has 2 aromatic carbocycles. The third-order valence-electron chi connectivity index (χ3n) is 9.56. The van der Waals surface area contributed by atoms with Crippen LogP contribution in [0.1, 0.15) is 38.7 Å². The number of hydrogen-bond donors (Lipinski definition) is 2. The summed E-state index contributed by atoms with van der Waals surface area (Å²) in [7, 11) is 0. The van der Waals surface area contributed by atoms with Crippen molar-refractivity contribution in [1.29, 1.82) is 0 Å². The number of fused-ring (bicyclic) bond motifs is 1. The molecule has 2 bridgehead atoms. The summed E-state index contributed by atoms with van der Waals surface area (Å²) in [5, 5.41) is 6.91. The highest BCUT2D eigenvalue weighted by atomic mass is 35.5. The number of carbonyl (C=O) groups is 3. The van der Waals surface area contributed by atoms with E-state index in [1.54, 1.807) is 28.8 Å². The van der Waals surface area contributed by atoms with Gasteiger partial charge in [0.1, 0.15) is 11.6 Å². The molecule has 4 aliphatic rings. The van der Waals surface area contributed by atoms with Gasteiger partial charge in [0.05, 0.1) is 17.9 Å². The number of rotatable bonds is 7. The maximum atomic E-state index is 14.3. The number of nitrogens with zero attached hydrogens (tertiary/aromatic N) is 1. The number of anilines is 1. The molecule has 1 aliphatic carbocycles. The van der Waals surface area contributed by atoms with Gasteiger partial charge in [0, 0.05) is 28.2 Å². The molecule has 0 unspecified atom stereocenters. The number of halogens is 1. The Balaban J connectivity index is 1.32. The van der Waals surface area contributed by atoms with Crippen LogP contribution < -0.4 is 10.6 Å². The van der Waals surface area contributed by atoms with Gasteiger partial charge in [0.15, 0.2) is 0 Å². The molecular formula is C32H36ClN3O4S. The van der Waals surface area contributed by atoms with E-state index < -0.39 is 29.6 Å². The van der Waals surface area contributed by atoms with Crippen LogP contribution in [0.3, 0.4) is 0 Å². The molecule has 3 heterocycles. The molecule has 0 aromatic heterocycles. The molecule has 41 heavy (non-hydrogen) atoms.